The minimum absolute atomic E-state index is 0.0277. The van der Waals surface area contributed by atoms with E-state index in [-0.39, 0.29) is 18.1 Å². The fraction of sp³-hybridized carbons (Fsp3) is 0.812. The number of carbonyl (C=O) groups is 1. The maximum atomic E-state index is 11.8. The summed E-state index contributed by atoms with van der Waals surface area (Å²) >= 11 is 0. The van der Waals surface area contributed by atoms with Gasteiger partial charge in [0.2, 0.25) is 5.89 Å². The number of nitrogens with zero attached hydrogens (tertiary/aromatic N) is 3. The van der Waals surface area contributed by atoms with Crippen LogP contribution >= 0.6 is 0 Å². The lowest BCUT2D eigenvalue weighted by Gasteiger charge is -2.33. The maximum Gasteiger partial charge on any atom is 0.323 e. The number of aromatic nitrogens is 2. The van der Waals surface area contributed by atoms with Gasteiger partial charge in [0.05, 0.1) is 6.54 Å². The number of piperidine rings is 1. The Balaban J connectivity index is 1.30. The van der Waals surface area contributed by atoms with Crippen LogP contribution in [0, 0.1) is 0 Å². The molecule has 3 aliphatic rings. The first-order valence-corrected chi connectivity index (χ1v) is 8.69. The lowest BCUT2D eigenvalue weighted by atomic mass is 10.0. The van der Waals surface area contributed by atoms with Gasteiger partial charge in [0.25, 0.3) is 0 Å². The summed E-state index contributed by atoms with van der Waals surface area (Å²) in [4.78, 5) is 18.6. The Kier molecular flexibility index (Phi) is 4.07. The summed E-state index contributed by atoms with van der Waals surface area (Å²) in [6.07, 6.45) is 5.35. The summed E-state index contributed by atoms with van der Waals surface area (Å²) < 4.78 is 10.5. The molecule has 0 radical (unpaired) electrons. The van der Waals surface area contributed by atoms with Crippen LogP contribution in [0.1, 0.15) is 56.7 Å². The van der Waals surface area contributed by atoms with Gasteiger partial charge in [0.15, 0.2) is 5.82 Å². The van der Waals surface area contributed by atoms with Crippen molar-refractivity contribution in [2.24, 2.45) is 0 Å². The number of carbonyl (C=O) groups excluding carboxylic acids is 1. The third-order valence-corrected chi connectivity index (χ3v) is 4.89. The van der Waals surface area contributed by atoms with Gasteiger partial charge in [0, 0.05) is 24.9 Å². The molecule has 4 rings (SSSR count). The Bertz CT molecular complexity index is 571. The first-order chi connectivity index (χ1) is 11.2. The molecule has 3 fully saturated rings. The number of esters is 1. The predicted molar refractivity (Wildman–Crippen MR) is 81.7 cm³/mol. The SMILES string of the molecule is CC1CC(NC2CCCN(Cc3noc(C4CC4)n3)C2)C(=O)O1. The van der Waals surface area contributed by atoms with E-state index in [1.807, 2.05) is 6.92 Å². The Hall–Kier alpha value is -1.47. The summed E-state index contributed by atoms with van der Waals surface area (Å²) in [5.41, 5.74) is 0. The molecule has 1 aliphatic carbocycles. The molecule has 3 unspecified atom stereocenters. The quantitative estimate of drug-likeness (QED) is 0.817. The summed E-state index contributed by atoms with van der Waals surface area (Å²) in [6.45, 7) is 4.61. The highest BCUT2D eigenvalue weighted by Gasteiger charge is 2.34. The van der Waals surface area contributed by atoms with Gasteiger partial charge in [0.1, 0.15) is 12.1 Å². The molecule has 0 spiro atoms. The largest absolute Gasteiger partial charge is 0.461 e. The molecule has 2 saturated heterocycles. The van der Waals surface area contributed by atoms with Crippen molar-refractivity contribution in [3.8, 4) is 0 Å². The Morgan fingerprint density at radius 1 is 1.35 bits per heavy atom. The molecule has 0 aromatic carbocycles. The monoisotopic (exact) mass is 320 g/mol. The number of cyclic esters (lactones) is 1. The number of rotatable bonds is 5. The van der Waals surface area contributed by atoms with E-state index in [1.54, 1.807) is 0 Å². The lowest BCUT2D eigenvalue weighted by Crippen LogP contribution is -2.50. The van der Waals surface area contributed by atoms with E-state index in [1.165, 1.54) is 12.8 Å². The van der Waals surface area contributed by atoms with E-state index < -0.39 is 0 Å². The smallest absolute Gasteiger partial charge is 0.323 e. The van der Waals surface area contributed by atoms with Crippen molar-refractivity contribution in [1.29, 1.82) is 0 Å². The van der Waals surface area contributed by atoms with Gasteiger partial charge >= 0.3 is 5.97 Å². The second-order valence-electron chi connectivity index (χ2n) is 7.10. The normalized spacial score (nSPS) is 32.2. The highest BCUT2D eigenvalue weighted by molar-refractivity contribution is 5.78. The lowest BCUT2D eigenvalue weighted by molar-refractivity contribution is -0.142. The average molecular weight is 320 g/mol. The molecule has 1 saturated carbocycles. The van der Waals surface area contributed by atoms with Gasteiger partial charge in [-0.15, -0.1) is 0 Å². The molecule has 3 atom stereocenters. The molecule has 7 heteroatoms. The van der Waals surface area contributed by atoms with Crippen LogP contribution in [0.25, 0.3) is 0 Å². The molecule has 1 aromatic rings. The van der Waals surface area contributed by atoms with Crippen molar-refractivity contribution < 1.29 is 14.1 Å². The molecule has 126 valence electrons. The minimum Gasteiger partial charge on any atom is -0.461 e. The molecule has 3 heterocycles. The van der Waals surface area contributed by atoms with E-state index >= 15 is 0 Å². The zero-order chi connectivity index (χ0) is 15.8. The van der Waals surface area contributed by atoms with Gasteiger partial charge in [-0.3, -0.25) is 9.69 Å². The van der Waals surface area contributed by atoms with Crippen molar-refractivity contribution in [3.05, 3.63) is 11.7 Å². The van der Waals surface area contributed by atoms with Crippen molar-refractivity contribution in [2.75, 3.05) is 13.1 Å². The van der Waals surface area contributed by atoms with Gasteiger partial charge in [-0.05, 0) is 39.2 Å². The summed E-state index contributed by atoms with van der Waals surface area (Å²) in [6, 6.07) is 0.169. The van der Waals surface area contributed by atoms with Crippen LogP contribution in [0.4, 0.5) is 0 Å². The molecule has 2 aliphatic heterocycles. The maximum absolute atomic E-state index is 11.8. The summed E-state index contributed by atoms with van der Waals surface area (Å²) in [5, 5.41) is 7.57. The van der Waals surface area contributed by atoms with Gasteiger partial charge in [-0.25, -0.2) is 0 Å². The van der Waals surface area contributed by atoms with Gasteiger partial charge < -0.3 is 14.6 Å². The number of hydrogen-bond acceptors (Lipinski definition) is 7. The van der Waals surface area contributed by atoms with Crippen molar-refractivity contribution in [1.82, 2.24) is 20.4 Å². The highest BCUT2D eigenvalue weighted by atomic mass is 16.6. The molecular formula is C16H24N4O3. The van der Waals surface area contributed by atoms with Crippen LogP contribution in [0.15, 0.2) is 4.52 Å². The zero-order valence-electron chi connectivity index (χ0n) is 13.5. The fourth-order valence-corrected chi connectivity index (χ4v) is 3.54. The first-order valence-electron chi connectivity index (χ1n) is 8.69. The van der Waals surface area contributed by atoms with Crippen LogP contribution in [0.5, 0.6) is 0 Å². The van der Waals surface area contributed by atoms with E-state index in [2.05, 4.69) is 20.4 Å². The third kappa shape index (κ3) is 3.55. The topological polar surface area (TPSA) is 80.5 Å². The molecule has 23 heavy (non-hydrogen) atoms. The number of hydrogen-bond donors (Lipinski definition) is 1. The van der Waals surface area contributed by atoms with Crippen LogP contribution in [-0.2, 0) is 16.1 Å². The Labute approximate surface area is 135 Å². The second kappa shape index (κ2) is 6.20. The molecule has 1 N–H and O–H groups in total. The van der Waals surface area contributed by atoms with Crippen LogP contribution < -0.4 is 5.32 Å². The van der Waals surface area contributed by atoms with E-state index in [9.17, 15) is 4.79 Å². The third-order valence-electron chi connectivity index (χ3n) is 4.89. The first kappa shape index (κ1) is 15.1. The highest BCUT2D eigenvalue weighted by Crippen LogP contribution is 2.38. The molecule has 7 nitrogen and oxygen atoms in total. The summed E-state index contributed by atoms with van der Waals surface area (Å²) in [7, 11) is 0. The predicted octanol–water partition coefficient (Wildman–Crippen LogP) is 1.20. The fourth-order valence-electron chi connectivity index (χ4n) is 3.54. The molecule has 1 aromatic heterocycles. The van der Waals surface area contributed by atoms with E-state index in [0.717, 1.165) is 50.6 Å². The average Bonchev–Trinajstić information content (AvgIpc) is 3.19. The second-order valence-corrected chi connectivity index (χ2v) is 7.10. The molecule has 0 amide bonds. The molecular weight excluding hydrogens is 296 g/mol. The number of nitrogens with one attached hydrogen (secondary N) is 1. The van der Waals surface area contributed by atoms with Crippen molar-refractivity contribution in [2.45, 2.75) is 69.7 Å². The van der Waals surface area contributed by atoms with Crippen molar-refractivity contribution >= 4 is 5.97 Å². The van der Waals surface area contributed by atoms with Gasteiger partial charge in [-0.1, -0.05) is 5.16 Å². The molecule has 0 bridgehead atoms. The van der Waals surface area contributed by atoms with E-state index in [4.69, 9.17) is 9.26 Å². The summed E-state index contributed by atoms with van der Waals surface area (Å²) in [5.74, 6) is 1.97. The van der Waals surface area contributed by atoms with Gasteiger partial charge in [-0.2, -0.15) is 4.98 Å². The Morgan fingerprint density at radius 3 is 2.96 bits per heavy atom. The number of likely N-dealkylation sites (tertiary alicyclic amines) is 1. The van der Waals surface area contributed by atoms with Crippen LogP contribution in [0.2, 0.25) is 0 Å². The van der Waals surface area contributed by atoms with Crippen LogP contribution in [0.3, 0.4) is 0 Å². The van der Waals surface area contributed by atoms with Crippen molar-refractivity contribution in [3.63, 3.8) is 0 Å². The minimum atomic E-state index is -0.151. The zero-order valence-corrected chi connectivity index (χ0v) is 13.5. The standard InChI is InChI=1S/C16H24N4O3/c1-10-7-13(16(21)22-10)17-12-3-2-6-20(8-12)9-14-18-15(23-19-14)11-4-5-11/h10-13,17H,2-9H2,1H3. The number of ether oxygens (including phenoxy) is 1. The van der Waals surface area contributed by atoms with E-state index in [0.29, 0.717) is 12.0 Å². The van der Waals surface area contributed by atoms with Crippen LogP contribution in [-0.4, -0.2) is 52.3 Å². The Morgan fingerprint density at radius 2 is 2.22 bits per heavy atom.